The molecule has 0 bridgehead atoms. The molecule has 0 amide bonds. The van der Waals surface area contributed by atoms with Gasteiger partial charge in [0.2, 0.25) is 0 Å². The van der Waals surface area contributed by atoms with Crippen molar-refractivity contribution in [2.24, 2.45) is 5.92 Å². The van der Waals surface area contributed by atoms with Crippen molar-refractivity contribution < 1.29 is 19.2 Å². The molecule has 3 aromatic rings. The van der Waals surface area contributed by atoms with Crippen LogP contribution in [-0.2, 0) is 22.4 Å². The Morgan fingerprint density at radius 3 is 2.47 bits per heavy atom. The number of aromatic nitrogens is 1. The van der Waals surface area contributed by atoms with Crippen LogP contribution in [-0.4, -0.2) is 22.0 Å². The van der Waals surface area contributed by atoms with Crippen molar-refractivity contribution in [3.8, 4) is 11.3 Å². The van der Waals surface area contributed by atoms with Gasteiger partial charge in [0, 0.05) is 41.3 Å². The minimum Gasteiger partial charge on any atom is -0.481 e. The molecule has 0 radical (unpaired) electrons. The summed E-state index contributed by atoms with van der Waals surface area (Å²) in [6.07, 6.45) is 3.83. The SMILES string of the molecule is Cc1ccc(CC(=O)CC(CCC(=O)O)c2noc(-c3ccc(CC(C)C)cc3)c2C2CC2)c(Cl)c1. The van der Waals surface area contributed by atoms with Gasteiger partial charge < -0.3 is 9.63 Å². The highest BCUT2D eigenvalue weighted by Gasteiger charge is 2.36. The summed E-state index contributed by atoms with van der Waals surface area (Å²) in [5.41, 5.74) is 5.86. The number of carboxylic acids is 1. The summed E-state index contributed by atoms with van der Waals surface area (Å²) >= 11 is 6.36. The molecule has 0 spiro atoms. The van der Waals surface area contributed by atoms with Gasteiger partial charge >= 0.3 is 5.97 Å². The van der Waals surface area contributed by atoms with E-state index in [0.29, 0.717) is 23.3 Å². The smallest absolute Gasteiger partial charge is 0.303 e. The average molecular weight is 508 g/mol. The van der Waals surface area contributed by atoms with Crippen molar-refractivity contribution in [3.63, 3.8) is 0 Å². The Balaban J connectivity index is 1.60. The number of Topliss-reactive ketones (excluding diaryl/α,β-unsaturated/α-hetero) is 1. The number of benzene rings is 2. The lowest BCUT2D eigenvalue weighted by Crippen LogP contribution is -2.13. The molecule has 1 fully saturated rings. The fraction of sp³-hybridized carbons (Fsp3) is 0.433. The highest BCUT2D eigenvalue weighted by molar-refractivity contribution is 6.31. The number of nitrogens with zero attached hydrogens (tertiary/aromatic N) is 1. The van der Waals surface area contributed by atoms with Crippen molar-refractivity contribution >= 4 is 23.4 Å². The normalized spacial score (nSPS) is 14.2. The molecule has 190 valence electrons. The molecule has 1 heterocycles. The molecule has 4 rings (SSSR count). The van der Waals surface area contributed by atoms with Crippen molar-refractivity contribution in [2.75, 3.05) is 0 Å². The Labute approximate surface area is 217 Å². The lowest BCUT2D eigenvalue weighted by molar-refractivity contribution is -0.137. The van der Waals surface area contributed by atoms with Gasteiger partial charge in [0.25, 0.3) is 0 Å². The van der Waals surface area contributed by atoms with Crippen LogP contribution in [0.5, 0.6) is 0 Å². The summed E-state index contributed by atoms with van der Waals surface area (Å²) in [4.78, 5) is 24.5. The van der Waals surface area contributed by atoms with Gasteiger partial charge in [-0.15, -0.1) is 0 Å². The molecule has 1 aromatic heterocycles. The van der Waals surface area contributed by atoms with Crippen LogP contribution in [0.3, 0.4) is 0 Å². The molecule has 0 aliphatic heterocycles. The molecule has 0 saturated heterocycles. The van der Waals surface area contributed by atoms with Crippen molar-refractivity contribution in [3.05, 3.63) is 75.4 Å². The third-order valence-electron chi connectivity index (χ3n) is 6.77. The van der Waals surface area contributed by atoms with Crippen LogP contribution in [0.1, 0.15) is 85.7 Å². The summed E-state index contributed by atoms with van der Waals surface area (Å²) < 4.78 is 5.89. The minimum absolute atomic E-state index is 0.0143. The second kappa shape index (κ2) is 11.4. The van der Waals surface area contributed by atoms with Crippen molar-refractivity contribution in [1.29, 1.82) is 0 Å². The highest BCUT2D eigenvalue weighted by Crippen LogP contribution is 2.48. The van der Waals surface area contributed by atoms with E-state index in [9.17, 15) is 14.7 Å². The molecule has 1 aliphatic carbocycles. The fourth-order valence-electron chi connectivity index (χ4n) is 4.83. The molecule has 1 aliphatic rings. The third kappa shape index (κ3) is 6.64. The van der Waals surface area contributed by atoms with Crippen molar-refractivity contribution in [1.82, 2.24) is 5.16 Å². The summed E-state index contributed by atoms with van der Waals surface area (Å²) in [7, 11) is 0. The van der Waals surface area contributed by atoms with E-state index in [2.05, 4.69) is 43.3 Å². The lowest BCUT2D eigenvalue weighted by atomic mass is 9.87. The number of rotatable bonds is 12. The monoisotopic (exact) mass is 507 g/mol. The Bertz CT molecular complexity index is 1220. The molecule has 6 heteroatoms. The minimum atomic E-state index is -0.883. The van der Waals surface area contributed by atoms with E-state index in [1.165, 1.54) is 5.56 Å². The van der Waals surface area contributed by atoms with Gasteiger partial charge in [-0.05, 0) is 67.2 Å². The molecule has 1 saturated carbocycles. The number of hydrogen-bond acceptors (Lipinski definition) is 4. The Morgan fingerprint density at radius 2 is 1.86 bits per heavy atom. The zero-order valence-corrected chi connectivity index (χ0v) is 22.0. The molecule has 2 aromatic carbocycles. The average Bonchev–Trinajstić information content (AvgIpc) is 3.56. The van der Waals surface area contributed by atoms with Crippen molar-refractivity contribution in [2.45, 2.75) is 77.6 Å². The number of carbonyl (C=O) groups excluding carboxylic acids is 1. The standard InChI is InChI=1S/C30H34ClNO4/c1-18(2)14-20-5-8-22(9-6-20)30-28(21-10-11-21)29(32-36-30)24(12-13-27(34)35)17-25(33)16-23-7-4-19(3)15-26(23)31/h4-9,15,18,21,24H,10-14,16-17H2,1-3H3,(H,34,35). The maximum Gasteiger partial charge on any atom is 0.303 e. The molecule has 5 nitrogen and oxygen atoms in total. The van der Waals surface area contributed by atoms with Crippen LogP contribution in [0.15, 0.2) is 47.0 Å². The van der Waals surface area contributed by atoms with E-state index in [4.69, 9.17) is 16.1 Å². The van der Waals surface area contributed by atoms with Crippen LogP contribution >= 0.6 is 11.6 Å². The number of ketones is 1. The van der Waals surface area contributed by atoms with E-state index in [1.807, 2.05) is 25.1 Å². The number of carbonyl (C=O) groups is 2. The van der Waals surface area contributed by atoms with E-state index < -0.39 is 5.97 Å². The van der Waals surface area contributed by atoms with Crippen LogP contribution in [0, 0.1) is 12.8 Å². The quantitative estimate of drug-likeness (QED) is 0.274. The van der Waals surface area contributed by atoms with E-state index in [0.717, 1.165) is 53.0 Å². The molecule has 1 unspecified atom stereocenters. The first kappa shape index (κ1) is 26.2. The largest absolute Gasteiger partial charge is 0.481 e. The first-order valence-electron chi connectivity index (χ1n) is 12.8. The van der Waals surface area contributed by atoms with E-state index in [1.54, 1.807) is 0 Å². The number of aliphatic carboxylic acids is 1. The van der Waals surface area contributed by atoms with Gasteiger partial charge in [-0.3, -0.25) is 9.59 Å². The summed E-state index contributed by atoms with van der Waals surface area (Å²) in [5, 5.41) is 14.4. The second-order valence-electron chi connectivity index (χ2n) is 10.5. The van der Waals surface area contributed by atoms with Gasteiger partial charge in [0.05, 0.1) is 5.69 Å². The molecule has 1 atom stereocenters. The summed E-state index contributed by atoms with van der Waals surface area (Å²) in [6.45, 7) is 6.36. The first-order chi connectivity index (χ1) is 17.2. The van der Waals surface area contributed by atoms with E-state index in [-0.39, 0.29) is 31.0 Å². The maximum atomic E-state index is 13.1. The maximum absolute atomic E-state index is 13.1. The Morgan fingerprint density at radius 1 is 1.14 bits per heavy atom. The third-order valence-corrected chi connectivity index (χ3v) is 7.12. The fourth-order valence-corrected chi connectivity index (χ4v) is 5.13. The van der Waals surface area contributed by atoms with Crippen LogP contribution in [0.4, 0.5) is 0 Å². The lowest BCUT2D eigenvalue weighted by Gasteiger charge is -2.15. The zero-order valence-electron chi connectivity index (χ0n) is 21.2. The Kier molecular flexibility index (Phi) is 8.30. The summed E-state index contributed by atoms with van der Waals surface area (Å²) in [5.74, 6) is 0.485. The second-order valence-corrected chi connectivity index (χ2v) is 10.9. The van der Waals surface area contributed by atoms with Crippen LogP contribution in [0.2, 0.25) is 5.02 Å². The van der Waals surface area contributed by atoms with Gasteiger partial charge in [0.15, 0.2) is 5.76 Å². The zero-order chi connectivity index (χ0) is 25.8. The first-order valence-corrected chi connectivity index (χ1v) is 13.2. The molecule has 1 N–H and O–H groups in total. The molecular weight excluding hydrogens is 474 g/mol. The highest BCUT2D eigenvalue weighted by atomic mass is 35.5. The predicted molar refractivity (Wildman–Crippen MR) is 142 cm³/mol. The molecular formula is C30H34ClNO4. The van der Waals surface area contributed by atoms with Gasteiger partial charge in [-0.25, -0.2) is 0 Å². The number of carboxylic acid groups (broad SMARTS) is 1. The Hall–Kier alpha value is -2.92. The van der Waals surface area contributed by atoms with Gasteiger partial charge in [-0.2, -0.15) is 0 Å². The van der Waals surface area contributed by atoms with Gasteiger partial charge in [-0.1, -0.05) is 67.0 Å². The van der Waals surface area contributed by atoms with E-state index >= 15 is 0 Å². The van der Waals surface area contributed by atoms with Crippen LogP contribution < -0.4 is 0 Å². The topological polar surface area (TPSA) is 80.4 Å². The number of hydrogen-bond donors (Lipinski definition) is 1. The predicted octanol–water partition coefficient (Wildman–Crippen LogP) is 7.53. The number of aryl methyl sites for hydroxylation is 1. The molecule has 36 heavy (non-hydrogen) atoms. The number of halogens is 1. The summed E-state index contributed by atoms with van der Waals surface area (Å²) in [6, 6.07) is 14.1. The van der Waals surface area contributed by atoms with Gasteiger partial charge in [0.1, 0.15) is 5.78 Å². The van der Waals surface area contributed by atoms with Crippen LogP contribution in [0.25, 0.3) is 11.3 Å².